The summed E-state index contributed by atoms with van der Waals surface area (Å²) in [5.41, 5.74) is 1.18. The number of rotatable bonds is 5. The zero-order valence-corrected chi connectivity index (χ0v) is 10.7. The van der Waals surface area contributed by atoms with Crippen LogP contribution in [0.1, 0.15) is 23.7 Å². The molecule has 1 aromatic heterocycles. The van der Waals surface area contributed by atoms with Crippen LogP contribution in [0.3, 0.4) is 0 Å². The number of aromatic nitrogens is 1. The standard InChI is InChI=1S/C15H15NO3/c1-2-9-19-14-6-4-3-5-12(14)13-8-7-11(10-17)15(18)16-13/h3-8,10H,2,9H2,1H3,(H,16,18). The summed E-state index contributed by atoms with van der Waals surface area (Å²) in [4.78, 5) is 25.0. The molecule has 2 aromatic rings. The number of nitrogens with one attached hydrogen (secondary N) is 1. The van der Waals surface area contributed by atoms with Crippen molar-refractivity contribution in [3.63, 3.8) is 0 Å². The molecule has 0 bridgehead atoms. The summed E-state index contributed by atoms with van der Waals surface area (Å²) in [6.45, 7) is 2.65. The normalized spacial score (nSPS) is 10.2. The molecule has 0 saturated carbocycles. The van der Waals surface area contributed by atoms with E-state index in [2.05, 4.69) is 4.98 Å². The van der Waals surface area contributed by atoms with Crippen molar-refractivity contribution in [1.29, 1.82) is 0 Å². The fourth-order valence-corrected chi connectivity index (χ4v) is 1.76. The predicted molar refractivity (Wildman–Crippen MR) is 73.7 cm³/mol. The number of hydrogen-bond acceptors (Lipinski definition) is 3. The van der Waals surface area contributed by atoms with E-state index in [0.717, 1.165) is 17.7 Å². The van der Waals surface area contributed by atoms with Crippen molar-refractivity contribution < 1.29 is 9.53 Å². The lowest BCUT2D eigenvalue weighted by molar-refractivity contribution is 0.112. The lowest BCUT2D eigenvalue weighted by Crippen LogP contribution is -2.12. The molecule has 0 aliphatic heterocycles. The Morgan fingerprint density at radius 2 is 2.00 bits per heavy atom. The molecule has 4 heteroatoms. The fourth-order valence-electron chi connectivity index (χ4n) is 1.76. The van der Waals surface area contributed by atoms with Crippen molar-refractivity contribution in [1.82, 2.24) is 4.98 Å². The molecular weight excluding hydrogens is 242 g/mol. The monoisotopic (exact) mass is 257 g/mol. The number of pyridine rings is 1. The van der Waals surface area contributed by atoms with Crippen LogP contribution in [0.5, 0.6) is 5.75 Å². The number of ether oxygens (including phenoxy) is 1. The summed E-state index contributed by atoms with van der Waals surface area (Å²) in [6.07, 6.45) is 1.46. The van der Waals surface area contributed by atoms with Gasteiger partial charge in [-0.2, -0.15) is 0 Å². The SMILES string of the molecule is CCCOc1ccccc1-c1ccc(C=O)c(=O)[nH]1. The highest BCUT2D eigenvalue weighted by molar-refractivity contribution is 5.76. The topological polar surface area (TPSA) is 59.2 Å². The van der Waals surface area contributed by atoms with Gasteiger partial charge in [-0.25, -0.2) is 0 Å². The van der Waals surface area contributed by atoms with Crippen molar-refractivity contribution in [3.05, 3.63) is 52.3 Å². The Morgan fingerprint density at radius 3 is 2.68 bits per heavy atom. The second-order valence-electron chi connectivity index (χ2n) is 4.12. The predicted octanol–water partition coefficient (Wildman–Crippen LogP) is 2.64. The zero-order valence-electron chi connectivity index (χ0n) is 10.7. The third kappa shape index (κ3) is 2.91. The van der Waals surface area contributed by atoms with Gasteiger partial charge in [0.15, 0.2) is 6.29 Å². The maximum absolute atomic E-state index is 11.6. The van der Waals surface area contributed by atoms with Crippen molar-refractivity contribution in [2.24, 2.45) is 0 Å². The van der Waals surface area contributed by atoms with Gasteiger partial charge < -0.3 is 9.72 Å². The van der Waals surface area contributed by atoms with Crippen LogP contribution in [-0.4, -0.2) is 17.9 Å². The molecule has 0 unspecified atom stereocenters. The fraction of sp³-hybridized carbons (Fsp3) is 0.200. The van der Waals surface area contributed by atoms with Crippen LogP contribution >= 0.6 is 0 Å². The molecule has 19 heavy (non-hydrogen) atoms. The highest BCUT2D eigenvalue weighted by atomic mass is 16.5. The number of aldehydes is 1. The van der Waals surface area contributed by atoms with E-state index >= 15 is 0 Å². The third-order valence-electron chi connectivity index (χ3n) is 2.71. The van der Waals surface area contributed by atoms with E-state index in [4.69, 9.17) is 4.74 Å². The molecule has 1 heterocycles. The zero-order chi connectivity index (χ0) is 13.7. The van der Waals surface area contributed by atoms with Gasteiger partial charge in [0.2, 0.25) is 0 Å². The average Bonchev–Trinajstić information content (AvgIpc) is 2.45. The van der Waals surface area contributed by atoms with Gasteiger partial charge in [-0.1, -0.05) is 19.1 Å². The van der Waals surface area contributed by atoms with Gasteiger partial charge in [0.05, 0.1) is 17.9 Å². The van der Waals surface area contributed by atoms with Gasteiger partial charge in [0.1, 0.15) is 5.75 Å². The molecule has 0 atom stereocenters. The molecule has 0 spiro atoms. The summed E-state index contributed by atoms with van der Waals surface area (Å²) in [6, 6.07) is 10.7. The molecule has 1 N–H and O–H groups in total. The second kappa shape index (κ2) is 6.00. The highest BCUT2D eigenvalue weighted by Gasteiger charge is 2.07. The van der Waals surface area contributed by atoms with Gasteiger partial charge in [-0.05, 0) is 30.7 Å². The Morgan fingerprint density at radius 1 is 1.21 bits per heavy atom. The second-order valence-corrected chi connectivity index (χ2v) is 4.12. The minimum atomic E-state index is -0.391. The summed E-state index contributed by atoms with van der Waals surface area (Å²) < 4.78 is 5.65. The third-order valence-corrected chi connectivity index (χ3v) is 2.71. The summed E-state index contributed by atoms with van der Waals surface area (Å²) in [5, 5.41) is 0. The summed E-state index contributed by atoms with van der Waals surface area (Å²) in [7, 11) is 0. The molecule has 1 aromatic carbocycles. The van der Waals surface area contributed by atoms with Gasteiger partial charge in [0.25, 0.3) is 5.56 Å². The maximum Gasteiger partial charge on any atom is 0.258 e. The van der Waals surface area contributed by atoms with Crippen LogP contribution in [0.2, 0.25) is 0 Å². The van der Waals surface area contributed by atoms with Crippen LogP contribution in [-0.2, 0) is 0 Å². The molecule has 0 fully saturated rings. The van der Waals surface area contributed by atoms with Crippen molar-refractivity contribution >= 4 is 6.29 Å². The largest absolute Gasteiger partial charge is 0.493 e. The van der Waals surface area contributed by atoms with E-state index in [9.17, 15) is 9.59 Å². The van der Waals surface area contributed by atoms with Crippen molar-refractivity contribution in [2.75, 3.05) is 6.61 Å². The first-order chi connectivity index (χ1) is 9.26. The molecular formula is C15H15NO3. The minimum Gasteiger partial charge on any atom is -0.493 e. The summed E-state index contributed by atoms with van der Waals surface area (Å²) >= 11 is 0. The van der Waals surface area contributed by atoms with Gasteiger partial charge in [0, 0.05) is 5.56 Å². The van der Waals surface area contributed by atoms with Gasteiger partial charge in [-0.3, -0.25) is 9.59 Å². The number of aromatic amines is 1. The molecule has 0 aliphatic carbocycles. The number of benzene rings is 1. The molecule has 0 radical (unpaired) electrons. The summed E-state index contributed by atoms with van der Waals surface area (Å²) in [5.74, 6) is 0.721. The van der Waals surface area contributed by atoms with Gasteiger partial charge in [-0.15, -0.1) is 0 Å². The molecule has 0 aliphatic rings. The number of carbonyl (C=O) groups excluding carboxylic acids is 1. The van der Waals surface area contributed by atoms with Gasteiger partial charge >= 0.3 is 0 Å². The molecule has 98 valence electrons. The first-order valence-corrected chi connectivity index (χ1v) is 6.17. The Kier molecular flexibility index (Phi) is 4.13. The van der Waals surface area contributed by atoms with Crippen LogP contribution < -0.4 is 10.3 Å². The van der Waals surface area contributed by atoms with E-state index in [0.29, 0.717) is 18.6 Å². The van der Waals surface area contributed by atoms with Crippen molar-refractivity contribution in [3.8, 4) is 17.0 Å². The van der Waals surface area contributed by atoms with Crippen LogP contribution in [0.25, 0.3) is 11.3 Å². The van der Waals surface area contributed by atoms with E-state index in [1.54, 1.807) is 6.07 Å². The van der Waals surface area contributed by atoms with Crippen LogP contribution in [0, 0.1) is 0 Å². The Hall–Kier alpha value is -2.36. The van der Waals surface area contributed by atoms with Crippen LogP contribution in [0.4, 0.5) is 0 Å². The van der Waals surface area contributed by atoms with Crippen molar-refractivity contribution in [2.45, 2.75) is 13.3 Å². The van der Waals surface area contributed by atoms with Crippen LogP contribution in [0.15, 0.2) is 41.2 Å². The molecule has 0 saturated heterocycles. The Bertz CT molecular complexity index is 631. The average molecular weight is 257 g/mol. The number of hydrogen-bond donors (Lipinski definition) is 1. The quantitative estimate of drug-likeness (QED) is 0.838. The number of carbonyl (C=O) groups is 1. The molecule has 4 nitrogen and oxygen atoms in total. The maximum atomic E-state index is 11.6. The van der Waals surface area contributed by atoms with E-state index < -0.39 is 5.56 Å². The first-order valence-electron chi connectivity index (χ1n) is 6.17. The molecule has 2 rings (SSSR count). The number of H-pyrrole nitrogens is 1. The minimum absolute atomic E-state index is 0.121. The molecule has 0 amide bonds. The number of para-hydroxylation sites is 1. The smallest absolute Gasteiger partial charge is 0.258 e. The highest BCUT2D eigenvalue weighted by Crippen LogP contribution is 2.27. The first kappa shape index (κ1) is 13.1. The van der Waals surface area contributed by atoms with E-state index in [1.807, 2.05) is 31.2 Å². The van der Waals surface area contributed by atoms with E-state index in [-0.39, 0.29) is 5.56 Å². The lowest BCUT2D eigenvalue weighted by atomic mass is 10.1. The lowest BCUT2D eigenvalue weighted by Gasteiger charge is -2.10. The van der Waals surface area contributed by atoms with E-state index in [1.165, 1.54) is 6.07 Å². The Labute approximate surface area is 111 Å². The Balaban J connectivity index is 2.43.